The minimum absolute atomic E-state index is 0.662. The van der Waals surface area contributed by atoms with Gasteiger partial charge in [-0.25, -0.2) is 0 Å². The second-order valence-corrected chi connectivity index (χ2v) is 10.2. The second-order valence-electron chi connectivity index (χ2n) is 7.93. The second kappa shape index (κ2) is 7.72. The molecule has 0 aliphatic carbocycles. The Morgan fingerprint density at radius 3 is 1.81 bits per heavy atom. The lowest BCUT2D eigenvalue weighted by Gasteiger charge is -2.31. The van der Waals surface area contributed by atoms with Crippen LogP contribution in [0.1, 0.15) is 27.8 Å². The fraction of sp³-hybridized carbons (Fsp3) is 0.0714. The first kappa shape index (κ1) is 19.6. The van der Waals surface area contributed by atoms with Crippen LogP contribution < -0.4 is 10.6 Å². The van der Waals surface area contributed by atoms with Gasteiger partial charge < -0.3 is 4.52 Å². The molecular formula is C28H23O2P. The van der Waals surface area contributed by atoms with Gasteiger partial charge in [-0.3, -0.25) is 4.57 Å². The minimum Gasteiger partial charge on any atom is -0.436 e. The molecule has 4 aromatic carbocycles. The molecule has 1 atom stereocenters. The number of hydrogen-bond donors (Lipinski definition) is 0. The Bertz CT molecular complexity index is 1320. The lowest BCUT2D eigenvalue weighted by molar-refractivity contribution is 0.480. The summed E-state index contributed by atoms with van der Waals surface area (Å²) in [6.45, 7) is 4.14. The maximum absolute atomic E-state index is 14.5. The van der Waals surface area contributed by atoms with Gasteiger partial charge in [0.1, 0.15) is 5.76 Å². The van der Waals surface area contributed by atoms with Crippen molar-refractivity contribution in [1.82, 2.24) is 0 Å². The van der Waals surface area contributed by atoms with Crippen LogP contribution in [-0.4, -0.2) is 0 Å². The van der Waals surface area contributed by atoms with E-state index < -0.39 is 7.37 Å². The van der Waals surface area contributed by atoms with Crippen molar-refractivity contribution in [3.05, 3.63) is 131 Å². The summed E-state index contributed by atoms with van der Waals surface area (Å²) in [5.74, 6) is 0.662. The van der Waals surface area contributed by atoms with Gasteiger partial charge >= 0.3 is 7.37 Å². The summed E-state index contributed by atoms with van der Waals surface area (Å²) in [6, 6.07) is 34.1. The van der Waals surface area contributed by atoms with E-state index in [4.69, 9.17) is 4.52 Å². The van der Waals surface area contributed by atoms with Crippen molar-refractivity contribution >= 4 is 29.3 Å². The van der Waals surface area contributed by atoms with Gasteiger partial charge in [-0.15, -0.1) is 0 Å². The predicted octanol–water partition coefficient (Wildman–Crippen LogP) is 6.48. The predicted molar refractivity (Wildman–Crippen MR) is 129 cm³/mol. The summed E-state index contributed by atoms with van der Waals surface area (Å²) in [5.41, 5.74) is 6.27. The first-order chi connectivity index (χ1) is 15.1. The maximum Gasteiger partial charge on any atom is 0.307 e. The molecule has 2 nitrogen and oxygen atoms in total. The molecule has 0 aromatic heterocycles. The Morgan fingerprint density at radius 2 is 1.16 bits per heavy atom. The van der Waals surface area contributed by atoms with E-state index >= 15 is 0 Å². The van der Waals surface area contributed by atoms with E-state index in [-0.39, 0.29) is 0 Å². The maximum atomic E-state index is 14.5. The fourth-order valence-electron chi connectivity index (χ4n) is 4.01. The molecule has 1 unspecified atom stereocenters. The Kier molecular flexibility index (Phi) is 4.88. The average Bonchev–Trinajstić information content (AvgIpc) is 2.81. The highest BCUT2D eigenvalue weighted by molar-refractivity contribution is 7.74. The number of rotatable bonds is 3. The zero-order valence-electron chi connectivity index (χ0n) is 17.6. The van der Waals surface area contributed by atoms with E-state index in [1.165, 1.54) is 11.1 Å². The summed E-state index contributed by atoms with van der Waals surface area (Å²) in [4.78, 5) is 0. The lowest BCUT2D eigenvalue weighted by atomic mass is 9.93. The van der Waals surface area contributed by atoms with Gasteiger partial charge in [0.2, 0.25) is 0 Å². The van der Waals surface area contributed by atoms with E-state index in [1.54, 1.807) is 0 Å². The molecule has 5 rings (SSSR count). The van der Waals surface area contributed by atoms with Crippen molar-refractivity contribution in [2.24, 2.45) is 0 Å². The molecule has 1 heterocycles. The van der Waals surface area contributed by atoms with Crippen LogP contribution in [0, 0.1) is 13.8 Å². The van der Waals surface area contributed by atoms with E-state index in [2.05, 4.69) is 56.3 Å². The minimum atomic E-state index is -3.31. The Morgan fingerprint density at radius 1 is 0.613 bits per heavy atom. The highest BCUT2D eigenvalue weighted by Crippen LogP contribution is 2.55. The van der Waals surface area contributed by atoms with Crippen LogP contribution in [0.15, 0.2) is 103 Å². The van der Waals surface area contributed by atoms with Crippen LogP contribution in [0.2, 0.25) is 0 Å². The Hall–Kier alpha value is -3.35. The quantitative estimate of drug-likeness (QED) is 0.353. The lowest BCUT2D eigenvalue weighted by Crippen LogP contribution is -2.25. The third kappa shape index (κ3) is 3.44. The molecule has 4 aromatic rings. The number of fused-ring (bicyclic) bond motifs is 1. The van der Waals surface area contributed by atoms with Gasteiger partial charge in [0.05, 0.1) is 10.6 Å². The fourth-order valence-corrected chi connectivity index (χ4v) is 6.30. The van der Waals surface area contributed by atoms with Crippen molar-refractivity contribution in [3.63, 3.8) is 0 Å². The molecular weight excluding hydrogens is 399 g/mol. The standard InChI is InChI=1S/C28H23O2P/c1-20-12-16-22(17-13-20)27-25-10-6-7-11-26(25)31(29,24-8-4-3-5-9-24)30-28(27)23-18-14-21(2)15-19-23/h3-19H,1-2H3. The third-order valence-corrected chi connectivity index (χ3v) is 8.13. The zero-order valence-corrected chi connectivity index (χ0v) is 18.5. The smallest absolute Gasteiger partial charge is 0.307 e. The largest absolute Gasteiger partial charge is 0.436 e. The highest BCUT2D eigenvalue weighted by Gasteiger charge is 2.39. The van der Waals surface area contributed by atoms with Crippen molar-refractivity contribution < 1.29 is 9.09 Å². The van der Waals surface area contributed by atoms with Gasteiger partial charge in [0.15, 0.2) is 0 Å². The van der Waals surface area contributed by atoms with Crippen LogP contribution in [0.3, 0.4) is 0 Å². The molecule has 0 saturated heterocycles. The molecule has 0 amide bonds. The van der Waals surface area contributed by atoms with E-state index in [0.29, 0.717) is 11.1 Å². The normalized spacial score (nSPS) is 17.7. The van der Waals surface area contributed by atoms with Crippen molar-refractivity contribution in [2.75, 3.05) is 0 Å². The molecule has 1 aliphatic heterocycles. The van der Waals surface area contributed by atoms with Crippen LogP contribution in [0.5, 0.6) is 0 Å². The average molecular weight is 422 g/mol. The van der Waals surface area contributed by atoms with Crippen molar-refractivity contribution in [1.29, 1.82) is 0 Å². The van der Waals surface area contributed by atoms with Gasteiger partial charge in [0.25, 0.3) is 0 Å². The van der Waals surface area contributed by atoms with E-state index in [9.17, 15) is 4.57 Å². The molecule has 0 saturated carbocycles. The van der Waals surface area contributed by atoms with Gasteiger partial charge in [0, 0.05) is 16.7 Å². The van der Waals surface area contributed by atoms with Crippen molar-refractivity contribution in [3.8, 4) is 0 Å². The number of benzene rings is 4. The van der Waals surface area contributed by atoms with Gasteiger partial charge in [-0.2, -0.15) is 0 Å². The molecule has 1 aliphatic rings. The first-order valence-electron chi connectivity index (χ1n) is 10.4. The molecule has 152 valence electrons. The number of hydrogen-bond acceptors (Lipinski definition) is 2. The highest BCUT2D eigenvalue weighted by atomic mass is 31.2. The Labute approximate surface area is 183 Å². The summed E-state index contributed by atoms with van der Waals surface area (Å²) < 4.78 is 21.0. The summed E-state index contributed by atoms with van der Waals surface area (Å²) in [7, 11) is -3.31. The SMILES string of the molecule is Cc1ccc(C2=C(c3ccc(C)cc3)c3ccccc3P(=O)(c3ccccc3)O2)cc1. The molecule has 0 spiro atoms. The summed E-state index contributed by atoms with van der Waals surface area (Å²) in [6.07, 6.45) is 0. The van der Waals surface area contributed by atoms with Gasteiger partial charge in [-0.1, -0.05) is 96.1 Å². The van der Waals surface area contributed by atoms with Crippen LogP contribution in [0.4, 0.5) is 0 Å². The molecule has 0 bridgehead atoms. The molecule has 3 heteroatoms. The molecule has 0 N–H and O–H groups in total. The van der Waals surface area contributed by atoms with Crippen LogP contribution in [-0.2, 0) is 9.09 Å². The topological polar surface area (TPSA) is 26.3 Å². The zero-order chi connectivity index (χ0) is 21.4. The van der Waals surface area contributed by atoms with E-state index in [1.807, 2.05) is 60.7 Å². The summed E-state index contributed by atoms with van der Waals surface area (Å²) in [5, 5.41) is 1.45. The van der Waals surface area contributed by atoms with Gasteiger partial charge in [-0.05, 0) is 37.6 Å². The third-order valence-electron chi connectivity index (χ3n) is 5.69. The van der Waals surface area contributed by atoms with Crippen LogP contribution >= 0.6 is 7.37 Å². The number of aryl methyl sites for hydroxylation is 2. The molecule has 31 heavy (non-hydrogen) atoms. The van der Waals surface area contributed by atoms with Crippen molar-refractivity contribution in [2.45, 2.75) is 13.8 Å². The first-order valence-corrected chi connectivity index (χ1v) is 12.0. The van der Waals surface area contributed by atoms with E-state index in [0.717, 1.165) is 27.6 Å². The molecule has 0 radical (unpaired) electrons. The van der Waals surface area contributed by atoms with Crippen LogP contribution in [0.25, 0.3) is 11.3 Å². The summed E-state index contributed by atoms with van der Waals surface area (Å²) >= 11 is 0. The molecule has 0 fully saturated rings. The Balaban J connectivity index is 1.84. The monoisotopic (exact) mass is 422 g/mol.